The SMILES string of the molecule is CC(N)Cc1ccccc1.O=C(O)C(Cl)Cl. The number of carboxylic acid groups (broad SMARTS) is 1. The molecule has 3 nitrogen and oxygen atoms in total. The summed E-state index contributed by atoms with van der Waals surface area (Å²) in [5.41, 5.74) is 6.94. The van der Waals surface area contributed by atoms with Crippen molar-refractivity contribution in [3.63, 3.8) is 0 Å². The lowest BCUT2D eigenvalue weighted by atomic mass is 10.1. The van der Waals surface area contributed by atoms with Crippen molar-refractivity contribution in [3.8, 4) is 0 Å². The van der Waals surface area contributed by atoms with Gasteiger partial charge in [0.15, 0.2) is 0 Å². The van der Waals surface area contributed by atoms with Crippen LogP contribution in [0.3, 0.4) is 0 Å². The van der Waals surface area contributed by atoms with E-state index in [2.05, 4.69) is 12.1 Å². The maximum atomic E-state index is 9.44. The van der Waals surface area contributed by atoms with E-state index in [1.165, 1.54) is 5.56 Å². The lowest BCUT2D eigenvalue weighted by Crippen LogP contribution is -2.17. The molecule has 5 heteroatoms. The summed E-state index contributed by atoms with van der Waals surface area (Å²) in [6.07, 6.45) is 0.973. The summed E-state index contributed by atoms with van der Waals surface area (Å²) in [7, 11) is 0. The van der Waals surface area contributed by atoms with Crippen LogP contribution in [0.2, 0.25) is 0 Å². The average molecular weight is 264 g/mol. The van der Waals surface area contributed by atoms with Crippen LogP contribution in [0, 0.1) is 0 Å². The van der Waals surface area contributed by atoms with E-state index < -0.39 is 10.8 Å². The third-order valence-corrected chi connectivity index (χ3v) is 1.96. The summed E-state index contributed by atoms with van der Waals surface area (Å²) < 4.78 is 0. The normalized spacial score (nSPS) is 11.6. The van der Waals surface area contributed by atoms with Gasteiger partial charge in [-0.2, -0.15) is 0 Å². The molecule has 0 saturated heterocycles. The summed E-state index contributed by atoms with van der Waals surface area (Å²) in [4.78, 5) is 8.15. The van der Waals surface area contributed by atoms with Crippen LogP contribution in [0.4, 0.5) is 0 Å². The predicted molar refractivity (Wildman–Crippen MR) is 66.9 cm³/mol. The molecule has 90 valence electrons. The number of nitrogens with two attached hydrogens (primary N) is 1. The first kappa shape index (κ1) is 15.2. The van der Waals surface area contributed by atoms with Crippen molar-refractivity contribution in [2.45, 2.75) is 24.2 Å². The van der Waals surface area contributed by atoms with Crippen molar-refractivity contribution in [2.75, 3.05) is 0 Å². The largest absolute Gasteiger partial charge is 0.479 e. The van der Waals surface area contributed by atoms with Crippen LogP contribution in [-0.2, 0) is 11.2 Å². The van der Waals surface area contributed by atoms with Gasteiger partial charge < -0.3 is 10.8 Å². The number of halogens is 2. The highest BCUT2D eigenvalue weighted by atomic mass is 35.5. The molecule has 0 aliphatic rings. The van der Waals surface area contributed by atoms with Crippen molar-refractivity contribution in [1.82, 2.24) is 0 Å². The average Bonchev–Trinajstić information content (AvgIpc) is 2.19. The molecule has 0 heterocycles. The van der Waals surface area contributed by atoms with Crippen molar-refractivity contribution < 1.29 is 9.90 Å². The van der Waals surface area contributed by atoms with Crippen LogP contribution in [0.1, 0.15) is 12.5 Å². The summed E-state index contributed by atoms with van der Waals surface area (Å²) in [6.45, 7) is 2.02. The van der Waals surface area contributed by atoms with E-state index in [0.29, 0.717) is 0 Å². The monoisotopic (exact) mass is 263 g/mol. The van der Waals surface area contributed by atoms with Crippen LogP contribution in [0.15, 0.2) is 30.3 Å². The molecule has 0 fully saturated rings. The van der Waals surface area contributed by atoms with E-state index in [1.807, 2.05) is 25.1 Å². The molecular weight excluding hydrogens is 249 g/mol. The molecule has 1 aromatic rings. The summed E-state index contributed by atoms with van der Waals surface area (Å²) in [5, 5.41) is 7.73. The minimum Gasteiger partial charge on any atom is -0.479 e. The van der Waals surface area contributed by atoms with E-state index in [1.54, 1.807) is 0 Å². The third kappa shape index (κ3) is 8.53. The molecule has 0 aliphatic carbocycles. The van der Waals surface area contributed by atoms with Gasteiger partial charge in [-0.1, -0.05) is 53.5 Å². The van der Waals surface area contributed by atoms with Gasteiger partial charge in [-0.15, -0.1) is 0 Å². The molecule has 0 spiro atoms. The summed E-state index contributed by atoms with van der Waals surface area (Å²) in [6, 6.07) is 10.6. The molecule has 0 aliphatic heterocycles. The van der Waals surface area contributed by atoms with Gasteiger partial charge in [0.2, 0.25) is 4.84 Å². The van der Waals surface area contributed by atoms with Gasteiger partial charge >= 0.3 is 5.97 Å². The van der Waals surface area contributed by atoms with Gasteiger partial charge in [-0.05, 0) is 18.9 Å². The Kier molecular flexibility index (Phi) is 7.99. The molecule has 0 bridgehead atoms. The predicted octanol–water partition coefficient (Wildman–Crippen LogP) is 2.45. The Morgan fingerprint density at radius 2 is 1.81 bits per heavy atom. The van der Waals surface area contributed by atoms with Crippen LogP contribution in [0.5, 0.6) is 0 Å². The lowest BCUT2D eigenvalue weighted by Gasteiger charge is -2.02. The van der Waals surface area contributed by atoms with E-state index in [9.17, 15) is 4.79 Å². The van der Waals surface area contributed by atoms with E-state index in [0.717, 1.165) is 6.42 Å². The summed E-state index contributed by atoms with van der Waals surface area (Å²) >= 11 is 9.56. The van der Waals surface area contributed by atoms with E-state index in [-0.39, 0.29) is 6.04 Å². The Morgan fingerprint density at radius 1 is 1.38 bits per heavy atom. The third-order valence-electron chi connectivity index (χ3n) is 1.59. The van der Waals surface area contributed by atoms with Gasteiger partial charge in [0, 0.05) is 6.04 Å². The molecule has 1 unspecified atom stereocenters. The zero-order valence-corrected chi connectivity index (χ0v) is 10.4. The number of hydrogen-bond acceptors (Lipinski definition) is 2. The fourth-order valence-electron chi connectivity index (χ4n) is 0.986. The summed E-state index contributed by atoms with van der Waals surface area (Å²) in [5.74, 6) is -1.21. The number of hydrogen-bond donors (Lipinski definition) is 2. The first-order chi connectivity index (χ1) is 7.43. The van der Waals surface area contributed by atoms with Crippen molar-refractivity contribution in [2.24, 2.45) is 5.73 Å². The smallest absolute Gasteiger partial charge is 0.337 e. The van der Waals surface area contributed by atoms with E-state index in [4.69, 9.17) is 34.0 Å². The molecule has 16 heavy (non-hydrogen) atoms. The van der Waals surface area contributed by atoms with Crippen LogP contribution >= 0.6 is 23.2 Å². The fraction of sp³-hybridized carbons (Fsp3) is 0.364. The molecule has 0 aromatic heterocycles. The van der Waals surface area contributed by atoms with Crippen molar-refractivity contribution >= 4 is 29.2 Å². The van der Waals surface area contributed by atoms with Gasteiger partial charge in [0.05, 0.1) is 0 Å². The highest BCUT2D eigenvalue weighted by molar-refractivity contribution is 6.52. The number of rotatable bonds is 3. The van der Waals surface area contributed by atoms with E-state index >= 15 is 0 Å². The van der Waals surface area contributed by atoms with Gasteiger partial charge in [0.25, 0.3) is 0 Å². The van der Waals surface area contributed by atoms with Gasteiger partial charge in [-0.25, -0.2) is 4.79 Å². The molecule has 3 N–H and O–H groups in total. The highest BCUT2D eigenvalue weighted by Crippen LogP contribution is 2.00. The van der Waals surface area contributed by atoms with Crippen LogP contribution < -0.4 is 5.73 Å². The molecule has 0 amide bonds. The number of alkyl halides is 2. The standard InChI is InChI=1S/C9H13N.C2H2Cl2O2/c1-8(10)7-9-5-3-2-4-6-9;3-1(4)2(5)6/h2-6,8H,7,10H2,1H3;1H,(H,5,6). The number of carbonyl (C=O) groups is 1. The van der Waals surface area contributed by atoms with Crippen LogP contribution in [0.25, 0.3) is 0 Å². The molecule has 1 rings (SSSR count). The van der Waals surface area contributed by atoms with Gasteiger partial charge in [-0.3, -0.25) is 0 Å². The Labute approximate surface area is 105 Å². The molecular formula is C11H15Cl2NO2. The second kappa shape index (κ2) is 8.39. The number of benzene rings is 1. The van der Waals surface area contributed by atoms with Crippen molar-refractivity contribution in [3.05, 3.63) is 35.9 Å². The maximum absolute atomic E-state index is 9.44. The first-order valence-electron chi connectivity index (χ1n) is 4.74. The minimum atomic E-state index is -1.29. The zero-order valence-electron chi connectivity index (χ0n) is 8.94. The quantitative estimate of drug-likeness (QED) is 0.824. The first-order valence-corrected chi connectivity index (χ1v) is 5.61. The molecule has 1 atom stereocenters. The molecule has 0 radical (unpaired) electrons. The molecule has 0 saturated carbocycles. The number of aliphatic carboxylic acids is 1. The minimum absolute atomic E-state index is 0.266. The Bertz CT molecular complexity index is 302. The van der Waals surface area contributed by atoms with Gasteiger partial charge in [0.1, 0.15) is 0 Å². The van der Waals surface area contributed by atoms with Crippen molar-refractivity contribution in [1.29, 1.82) is 0 Å². The Morgan fingerprint density at radius 3 is 2.12 bits per heavy atom. The van der Waals surface area contributed by atoms with Crippen LogP contribution in [-0.4, -0.2) is 22.0 Å². The molecule has 1 aromatic carbocycles. The lowest BCUT2D eigenvalue weighted by molar-refractivity contribution is -0.135. The Balaban J connectivity index is 0.000000325. The highest BCUT2D eigenvalue weighted by Gasteiger charge is 2.05. The second-order valence-corrected chi connectivity index (χ2v) is 4.40. The maximum Gasteiger partial charge on any atom is 0.337 e. The fourth-order valence-corrected chi connectivity index (χ4v) is 0.986. The second-order valence-electron chi connectivity index (χ2n) is 3.31. The Hall–Kier alpha value is -0.770. The zero-order chi connectivity index (χ0) is 12.6. The topological polar surface area (TPSA) is 63.3 Å². The number of carboxylic acids is 1.